The number of hydrogen-bond acceptors (Lipinski definition) is 5. The number of benzene rings is 8. The van der Waals surface area contributed by atoms with Crippen molar-refractivity contribution in [3.05, 3.63) is 172 Å². The molecule has 8 aromatic carbocycles. The van der Waals surface area contributed by atoms with Gasteiger partial charge in [0.25, 0.3) is 20.1 Å². The van der Waals surface area contributed by atoms with E-state index in [9.17, 15) is 0 Å². The van der Waals surface area contributed by atoms with Crippen LogP contribution in [0.1, 0.15) is 38.9 Å². The number of ether oxygens (including phenoxy) is 4. The number of fused-ring (bicyclic) bond motifs is 8. The van der Waals surface area contributed by atoms with E-state index >= 15 is 0 Å². The quantitative estimate of drug-likeness (QED) is 0.186. The van der Waals surface area contributed by atoms with E-state index in [-0.39, 0.29) is 20.1 Å². The molecule has 8 aromatic rings. The molecule has 4 aliphatic heterocycles. The van der Waals surface area contributed by atoms with Gasteiger partial charge in [0.2, 0.25) is 0 Å². The Bertz CT molecular complexity index is 3080. The monoisotopic (exact) mass is 815 g/mol. The van der Waals surface area contributed by atoms with Gasteiger partial charge in [0, 0.05) is 29.0 Å². The standard InChI is InChI=1S/C55H44B3NO4/c1-30-16-18-37(19-17-30)59-38-26-51-55-52(27-38)63-48-25-34(5)42(57-40-13-9-11-15-46(40)61-50-23-32(3)21-36(7)54(50)57)29-44(48)58(55)43-28-41(33(4)24-47(43)62-51)56-39-12-8-10-14-45(39)60-49-22-31(2)20-35(6)53(49)56/h8-29,59H,1-7H3. The summed E-state index contributed by atoms with van der Waals surface area (Å²) in [6.45, 7) is 15.0. The minimum atomic E-state index is -0.169. The Morgan fingerprint density at radius 1 is 0.302 bits per heavy atom. The molecule has 63 heavy (non-hydrogen) atoms. The van der Waals surface area contributed by atoms with Crippen LogP contribution in [-0.4, -0.2) is 20.1 Å². The van der Waals surface area contributed by atoms with Crippen LogP contribution in [0.4, 0.5) is 11.4 Å². The summed E-state index contributed by atoms with van der Waals surface area (Å²) in [4.78, 5) is 0. The molecule has 0 amide bonds. The van der Waals surface area contributed by atoms with E-state index in [1.807, 2.05) is 0 Å². The first-order valence-electron chi connectivity index (χ1n) is 22.0. The number of aryl methyl sites for hydroxylation is 7. The Morgan fingerprint density at radius 3 is 1.22 bits per heavy atom. The van der Waals surface area contributed by atoms with Crippen LogP contribution >= 0.6 is 0 Å². The lowest BCUT2D eigenvalue weighted by molar-refractivity contribution is 0.465. The smallest absolute Gasteiger partial charge is 0.260 e. The molecule has 0 atom stereocenters. The predicted octanol–water partition coefficient (Wildman–Crippen LogP) is 7.56. The van der Waals surface area contributed by atoms with Crippen molar-refractivity contribution in [1.82, 2.24) is 0 Å². The van der Waals surface area contributed by atoms with Crippen molar-refractivity contribution in [2.75, 3.05) is 5.32 Å². The molecule has 0 aromatic heterocycles. The third kappa shape index (κ3) is 5.95. The Morgan fingerprint density at radius 2 is 0.730 bits per heavy atom. The maximum atomic E-state index is 7.07. The van der Waals surface area contributed by atoms with Crippen LogP contribution in [0.25, 0.3) is 0 Å². The van der Waals surface area contributed by atoms with Gasteiger partial charge in [-0.1, -0.05) is 112 Å². The lowest BCUT2D eigenvalue weighted by Crippen LogP contribution is -2.62. The fourth-order valence-corrected chi connectivity index (χ4v) is 10.9. The minimum absolute atomic E-state index is 0.0348. The highest BCUT2D eigenvalue weighted by atomic mass is 16.5. The van der Waals surface area contributed by atoms with E-state index in [4.69, 9.17) is 18.9 Å². The lowest BCUT2D eigenvalue weighted by atomic mass is 9.30. The Hall–Kier alpha value is -7.05. The normalized spacial score (nSPS) is 13.4. The molecule has 0 saturated carbocycles. The number of nitrogens with one attached hydrogen (secondary N) is 1. The van der Waals surface area contributed by atoms with Crippen LogP contribution in [0, 0.1) is 48.5 Å². The first kappa shape index (κ1) is 37.7. The number of rotatable bonds is 4. The van der Waals surface area contributed by atoms with Gasteiger partial charge in [-0.3, -0.25) is 0 Å². The topological polar surface area (TPSA) is 49.0 Å². The second-order valence-corrected chi connectivity index (χ2v) is 18.1. The lowest BCUT2D eigenvalue weighted by Gasteiger charge is -2.36. The summed E-state index contributed by atoms with van der Waals surface area (Å²) in [7, 11) is 0. The molecule has 1 N–H and O–H groups in total. The van der Waals surface area contributed by atoms with Crippen molar-refractivity contribution in [2.24, 2.45) is 0 Å². The van der Waals surface area contributed by atoms with Gasteiger partial charge in [0.15, 0.2) is 0 Å². The summed E-state index contributed by atoms with van der Waals surface area (Å²) in [5.74, 6) is 6.94. The average molecular weight is 815 g/mol. The molecular formula is C55H44B3NO4. The highest BCUT2D eigenvalue weighted by Gasteiger charge is 2.44. The van der Waals surface area contributed by atoms with E-state index < -0.39 is 0 Å². The van der Waals surface area contributed by atoms with Gasteiger partial charge in [-0.2, -0.15) is 0 Å². The molecule has 0 bridgehead atoms. The van der Waals surface area contributed by atoms with Gasteiger partial charge in [-0.25, -0.2) is 0 Å². The third-order valence-corrected chi connectivity index (χ3v) is 13.7. The number of para-hydroxylation sites is 2. The van der Waals surface area contributed by atoms with Crippen molar-refractivity contribution < 1.29 is 18.9 Å². The summed E-state index contributed by atoms with van der Waals surface area (Å²) in [5.41, 5.74) is 20.8. The molecule has 0 aliphatic carbocycles. The predicted molar refractivity (Wildman–Crippen MR) is 262 cm³/mol. The largest absolute Gasteiger partial charge is 0.458 e. The zero-order valence-electron chi connectivity index (χ0n) is 36.6. The Kier molecular flexibility index (Phi) is 8.37. The summed E-state index contributed by atoms with van der Waals surface area (Å²) < 4.78 is 27.4. The van der Waals surface area contributed by atoms with Gasteiger partial charge in [0.05, 0.1) is 0 Å². The number of anilines is 2. The van der Waals surface area contributed by atoms with Crippen molar-refractivity contribution in [3.63, 3.8) is 0 Å². The molecule has 0 saturated heterocycles. The highest BCUT2D eigenvalue weighted by Crippen LogP contribution is 2.39. The van der Waals surface area contributed by atoms with Crippen LogP contribution in [0.3, 0.4) is 0 Å². The van der Waals surface area contributed by atoms with Gasteiger partial charge in [-0.05, 0) is 141 Å². The fraction of sp³-hybridized carbons (Fsp3) is 0.127. The van der Waals surface area contributed by atoms with Crippen LogP contribution in [-0.2, 0) is 0 Å². The van der Waals surface area contributed by atoms with Gasteiger partial charge in [0.1, 0.15) is 46.0 Å². The molecule has 5 nitrogen and oxygen atoms in total. The van der Waals surface area contributed by atoms with Crippen LogP contribution in [0.15, 0.2) is 133 Å². The van der Waals surface area contributed by atoms with Crippen molar-refractivity contribution in [3.8, 4) is 46.0 Å². The maximum Gasteiger partial charge on any atom is 0.260 e. The molecule has 12 rings (SSSR count). The van der Waals surface area contributed by atoms with Gasteiger partial charge >= 0.3 is 0 Å². The molecule has 8 heteroatoms. The van der Waals surface area contributed by atoms with Crippen molar-refractivity contribution in [1.29, 1.82) is 0 Å². The molecule has 4 heterocycles. The SMILES string of the molecule is Cc1ccc(Nc2cc3c4c(c2)Oc2cc(C)c(B5c6ccccc6Oc6cc(C)cc(C)c65)cc2B4c2cc(B4c5ccccc5Oc5cc(C)cc(C)c54)c(C)cc2O3)cc1. The number of hydrogen-bond donors (Lipinski definition) is 1. The average Bonchev–Trinajstić information content (AvgIpc) is 3.25. The van der Waals surface area contributed by atoms with Crippen molar-refractivity contribution in [2.45, 2.75) is 48.5 Å². The molecule has 0 radical (unpaired) electrons. The van der Waals surface area contributed by atoms with Crippen LogP contribution in [0.5, 0.6) is 46.0 Å². The molecule has 0 spiro atoms. The van der Waals surface area contributed by atoms with E-state index in [1.165, 1.54) is 49.7 Å². The maximum absolute atomic E-state index is 7.07. The summed E-state index contributed by atoms with van der Waals surface area (Å²) in [6, 6.07) is 48.0. The second kappa shape index (κ2) is 14.0. The first-order valence-corrected chi connectivity index (χ1v) is 22.0. The summed E-state index contributed by atoms with van der Waals surface area (Å²) in [5, 5.41) is 3.64. The van der Waals surface area contributed by atoms with Crippen LogP contribution < -0.4 is 73.4 Å². The van der Waals surface area contributed by atoms with E-state index in [0.29, 0.717) is 0 Å². The Labute approximate surface area is 370 Å². The third-order valence-electron chi connectivity index (χ3n) is 13.7. The molecule has 302 valence electrons. The summed E-state index contributed by atoms with van der Waals surface area (Å²) in [6.07, 6.45) is 0. The minimum Gasteiger partial charge on any atom is -0.458 e. The Balaban J connectivity index is 1.09. The second-order valence-electron chi connectivity index (χ2n) is 18.1. The molecule has 4 aliphatic rings. The van der Waals surface area contributed by atoms with Gasteiger partial charge < -0.3 is 24.3 Å². The van der Waals surface area contributed by atoms with E-state index in [2.05, 4.69) is 187 Å². The van der Waals surface area contributed by atoms with E-state index in [0.717, 1.165) is 95.8 Å². The summed E-state index contributed by atoms with van der Waals surface area (Å²) >= 11 is 0. The zero-order valence-corrected chi connectivity index (χ0v) is 36.6. The van der Waals surface area contributed by atoms with E-state index in [1.54, 1.807) is 0 Å². The van der Waals surface area contributed by atoms with Crippen molar-refractivity contribution >= 4 is 80.7 Å². The van der Waals surface area contributed by atoms with Gasteiger partial charge in [-0.15, -0.1) is 0 Å². The highest BCUT2D eigenvalue weighted by molar-refractivity contribution is 7.01. The fourth-order valence-electron chi connectivity index (χ4n) is 10.9. The zero-order chi connectivity index (χ0) is 42.8. The molecule has 0 fully saturated rings. The molecule has 0 unspecified atom stereocenters. The molecular weight excluding hydrogens is 771 g/mol. The first-order chi connectivity index (χ1) is 30.6. The van der Waals surface area contributed by atoms with Crippen LogP contribution in [0.2, 0.25) is 0 Å².